The Morgan fingerprint density at radius 1 is 1.62 bits per heavy atom. The van der Waals surface area contributed by atoms with E-state index in [4.69, 9.17) is 0 Å². The van der Waals surface area contributed by atoms with Crippen molar-refractivity contribution in [2.45, 2.75) is 26.7 Å². The van der Waals surface area contributed by atoms with Crippen LogP contribution in [0.4, 0.5) is 0 Å². The van der Waals surface area contributed by atoms with Gasteiger partial charge in [-0.25, -0.2) is 0 Å². The van der Waals surface area contributed by atoms with Gasteiger partial charge in [0.2, 0.25) is 0 Å². The van der Waals surface area contributed by atoms with Crippen molar-refractivity contribution in [3.63, 3.8) is 0 Å². The van der Waals surface area contributed by atoms with Crippen molar-refractivity contribution in [1.29, 1.82) is 0 Å². The minimum atomic E-state index is 0.481. The van der Waals surface area contributed by atoms with E-state index in [0.29, 0.717) is 11.3 Å². The number of aliphatic imine (C=N–C) groups is 1. The standard InChI is InChI=1S/C11H16N2/c1-7(2)8-6-13-10-11(3-4-12-10)5-9(8)11/h6-7,9H,3-5H2,1-2H3,(H,12,13). The molecule has 2 heteroatoms. The van der Waals surface area contributed by atoms with Crippen LogP contribution in [-0.2, 0) is 0 Å². The molecular formula is C11H16N2. The predicted octanol–water partition coefficient (Wildman–Crippen LogP) is 1.94. The van der Waals surface area contributed by atoms with E-state index < -0.39 is 0 Å². The van der Waals surface area contributed by atoms with Crippen molar-refractivity contribution in [2.24, 2.45) is 22.2 Å². The molecule has 0 aromatic heterocycles. The Hall–Kier alpha value is -0.790. The molecule has 2 aliphatic heterocycles. The SMILES string of the molecule is CC(C)C1=CNC2=NCCC23CC13. The fourth-order valence-corrected chi connectivity index (χ4v) is 2.93. The molecule has 1 spiro atoms. The maximum Gasteiger partial charge on any atom is 0.107 e. The Balaban J connectivity index is 1.96. The summed E-state index contributed by atoms with van der Waals surface area (Å²) in [7, 11) is 0. The molecule has 0 bridgehead atoms. The van der Waals surface area contributed by atoms with Crippen LogP contribution in [0.15, 0.2) is 16.8 Å². The van der Waals surface area contributed by atoms with Crippen molar-refractivity contribution in [3.8, 4) is 0 Å². The molecule has 2 unspecified atom stereocenters. The molecule has 2 heterocycles. The van der Waals surface area contributed by atoms with Gasteiger partial charge in [0.25, 0.3) is 0 Å². The summed E-state index contributed by atoms with van der Waals surface area (Å²) in [4.78, 5) is 4.53. The summed E-state index contributed by atoms with van der Waals surface area (Å²) in [5, 5.41) is 3.38. The molecule has 13 heavy (non-hydrogen) atoms. The number of nitrogens with one attached hydrogen (secondary N) is 1. The van der Waals surface area contributed by atoms with Crippen LogP contribution >= 0.6 is 0 Å². The van der Waals surface area contributed by atoms with Gasteiger partial charge >= 0.3 is 0 Å². The van der Waals surface area contributed by atoms with Crippen LogP contribution in [0.2, 0.25) is 0 Å². The summed E-state index contributed by atoms with van der Waals surface area (Å²) in [5.41, 5.74) is 2.09. The van der Waals surface area contributed by atoms with Crippen molar-refractivity contribution >= 4 is 5.84 Å². The normalized spacial score (nSPS) is 40.4. The van der Waals surface area contributed by atoms with Crippen molar-refractivity contribution in [1.82, 2.24) is 5.32 Å². The van der Waals surface area contributed by atoms with Gasteiger partial charge in [-0.1, -0.05) is 13.8 Å². The molecule has 1 N–H and O–H groups in total. The molecule has 70 valence electrons. The molecule has 3 aliphatic rings. The van der Waals surface area contributed by atoms with Gasteiger partial charge in [0.1, 0.15) is 5.84 Å². The zero-order valence-corrected chi connectivity index (χ0v) is 8.30. The first-order valence-corrected chi connectivity index (χ1v) is 5.25. The van der Waals surface area contributed by atoms with E-state index in [2.05, 4.69) is 30.4 Å². The number of rotatable bonds is 1. The third-order valence-corrected chi connectivity index (χ3v) is 3.82. The van der Waals surface area contributed by atoms with Crippen molar-refractivity contribution in [2.75, 3.05) is 6.54 Å². The molecule has 0 amide bonds. The molecular weight excluding hydrogens is 160 g/mol. The van der Waals surface area contributed by atoms with Gasteiger partial charge in [0.05, 0.1) is 0 Å². The monoisotopic (exact) mass is 176 g/mol. The van der Waals surface area contributed by atoms with Crippen LogP contribution in [0.1, 0.15) is 26.7 Å². The Kier molecular flexibility index (Phi) is 1.27. The maximum absolute atomic E-state index is 4.53. The molecule has 0 aromatic rings. The molecule has 1 saturated carbocycles. The highest BCUT2D eigenvalue weighted by molar-refractivity contribution is 5.95. The average Bonchev–Trinajstić information content (AvgIpc) is 2.66. The lowest BCUT2D eigenvalue weighted by Crippen LogP contribution is -2.31. The molecule has 0 saturated heterocycles. The second-order valence-electron chi connectivity index (χ2n) is 4.84. The molecule has 1 fully saturated rings. The fourth-order valence-electron chi connectivity index (χ4n) is 2.93. The lowest BCUT2D eigenvalue weighted by molar-refractivity contribution is 0.569. The Morgan fingerprint density at radius 3 is 3.23 bits per heavy atom. The second kappa shape index (κ2) is 2.17. The largest absolute Gasteiger partial charge is 0.350 e. The topological polar surface area (TPSA) is 24.4 Å². The van der Waals surface area contributed by atoms with Gasteiger partial charge < -0.3 is 5.32 Å². The summed E-state index contributed by atoms with van der Waals surface area (Å²) in [5.74, 6) is 2.80. The summed E-state index contributed by atoms with van der Waals surface area (Å²) >= 11 is 0. The molecule has 2 atom stereocenters. The minimum Gasteiger partial charge on any atom is -0.350 e. The average molecular weight is 176 g/mol. The molecule has 1 aliphatic carbocycles. The van der Waals surface area contributed by atoms with Crippen LogP contribution in [0.3, 0.4) is 0 Å². The molecule has 0 radical (unpaired) electrons. The summed E-state index contributed by atoms with van der Waals surface area (Å²) in [6.07, 6.45) is 4.83. The van der Waals surface area contributed by atoms with Crippen LogP contribution in [-0.4, -0.2) is 12.4 Å². The highest BCUT2D eigenvalue weighted by Gasteiger charge is 2.62. The number of hydrogen-bond acceptors (Lipinski definition) is 2. The van der Waals surface area contributed by atoms with Crippen LogP contribution in [0.5, 0.6) is 0 Å². The smallest absolute Gasteiger partial charge is 0.107 e. The van der Waals surface area contributed by atoms with Crippen LogP contribution in [0.25, 0.3) is 0 Å². The van der Waals surface area contributed by atoms with Gasteiger partial charge in [-0.2, -0.15) is 0 Å². The Morgan fingerprint density at radius 2 is 2.46 bits per heavy atom. The van der Waals surface area contributed by atoms with Gasteiger partial charge in [-0.05, 0) is 30.3 Å². The zero-order valence-electron chi connectivity index (χ0n) is 8.30. The predicted molar refractivity (Wildman–Crippen MR) is 53.5 cm³/mol. The van der Waals surface area contributed by atoms with E-state index in [1.807, 2.05) is 0 Å². The van der Waals surface area contributed by atoms with Gasteiger partial charge in [-0.15, -0.1) is 0 Å². The lowest BCUT2D eigenvalue weighted by Gasteiger charge is -2.22. The Labute approximate surface area is 79.1 Å². The third-order valence-electron chi connectivity index (χ3n) is 3.82. The van der Waals surface area contributed by atoms with Gasteiger partial charge in [0, 0.05) is 18.2 Å². The van der Waals surface area contributed by atoms with Crippen LogP contribution < -0.4 is 5.32 Å². The molecule has 2 nitrogen and oxygen atoms in total. The molecule has 0 aromatic carbocycles. The summed E-state index contributed by atoms with van der Waals surface area (Å²) in [6, 6.07) is 0. The Bertz CT molecular complexity index is 314. The van der Waals surface area contributed by atoms with E-state index in [1.54, 1.807) is 5.57 Å². The minimum absolute atomic E-state index is 0.481. The van der Waals surface area contributed by atoms with Gasteiger partial charge in [0.15, 0.2) is 0 Å². The van der Waals surface area contributed by atoms with E-state index in [9.17, 15) is 0 Å². The van der Waals surface area contributed by atoms with E-state index in [1.165, 1.54) is 18.7 Å². The fraction of sp³-hybridized carbons (Fsp3) is 0.727. The van der Waals surface area contributed by atoms with Crippen LogP contribution in [0, 0.1) is 17.3 Å². The lowest BCUT2D eigenvalue weighted by atomic mass is 9.89. The number of nitrogens with zero attached hydrogens (tertiary/aromatic N) is 1. The number of hydrogen-bond donors (Lipinski definition) is 1. The van der Waals surface area contributed by atoms with Crippen molar-refractivity contribution in [3.05, 3.63) is 11.8 Å². The summed E-state index contributed by atoms with van der Waals surface area (Å²) in [6.45, 7) is 5.62. The maximum atomic E-state index is 4.53. The highest BCUT2D eigenvalue weighted by atomic mass is 15.1. The first kappa shape index (κ1) is 7.60. The number of allylic oxidation sites excluding steroid dienone is 1. The van der Waals surface area contributed by atoms with Crippen molar-refractivity contribution < 1.29 is 0 Å². The van der Waals surface area contributed by atoms with E-state index in [0.717, 1.165) is 12.5 Å². The van der Waals surface area contributed by atoms with E-state index in [-0.39, 0.29) is 0 Å². The zero-order chi connectivity index (χ0) is 9.05. The first-order chi connectivity index (χ1) is 6.24. The van der Waals surface area contributed by atoms with E-state index >= 15 is 0 Å². The first-order valence-electron chi connectivity index (χ1n) is 5.25. The quantitative estimate of drug-likeness (QED) is 0.648. The molecule has 3 rings (SSSR count). The highest BCUT2D eigenvalue weighted by Crippen LogP contribution is 2.63. The number of amidine groups is 1. The second-order valence-corrected chi connectivity index (χ2v) is 4.84. The van der Waals surface area contributed by atoms with Gasteiger partial charge in [-0.3, -0.25) is 4.99 Å². The summed E-state index contributed by atoms with van der Waals surface area (Å²) < 4.78 is 0. The third kappa shape index (κ3) is 0.812.